The molecule has 2 heterocycles. The predicted octanol–water partition coefficient (Wildman–Crippen LogP) is 5.01. The molecule has 13 heteroatoms. The SMILES string of the molecule is CC(C)(C)[C@@H](CS(=O)(=O)N1CCS(=O)(=O)CC1)N1C(=O)[C@@](C)(CC(=O)O)C[C@H](c2cccc(Cl)c2)[C@H]1c1ccc(Cl)cc1. The average molecular weight is 674 g/mol. The minimum Gasteiger partial charge on any atom is -0.481 e. The fourth-order valence-electron chi connectivity index (χ4n) is 6.25. The summed E-state index contributed by atoms with van der Waals surface area (Å²) in [5.41, 5.74) is -0.627. The molecule has 0 aliphatic carbocycles. The third kappa shape index (κ3) is 7.56. The number of sulfone groups is 1. The molecule has 43 heavy (non-hydrogen) atoms. The summed E-state index contributed by atoms with van der Waals surface area (Å²) < 4.78 is 53.0. The standard InChI is InChI=1S/C30H38Cl2N2O7S2/c1-29(2,3)25(19-43(40,41)33-12-14-42(38,39)15-13-33)34-27(20-8-10-22(31)11-9-20)24(21-6-5-7-23(32)16-21)17-30(4,28(34)37)18-26(35)36/h5-11,16,24-25,27H,12-15,17-19H2,1-4H3,(H,35,36)/t24-,25-,27-,30-/m1/s1. The summed E-state index contributed by atoms with van der Waals surface area (Å²) in [5, 5.41) is 10.9. The molecular weight excluding hydrogens is 635 g/mol. The molecule has 4 rings (SSSR count). The average Bonchev–Trinajstić information content (AvgIpc) is 2.88. The zero-order valence-corrected chi connectivity index (χ0v) is 27.8. The van der Waals surface area contributed by atoms with Crippen LogP contribution in [0.15, 0.2) is 48.5 Å². The highest BCUT2D eigenvalue weighted by Crippen LogP contribution is 2.53. The predicted molar refractivity (Wildman–Crippen MR) is 167 cm³/mol. The highest BCUT2D eigenvalue weighted by Gasteiger charge is 2.55. The summed E-state index contributed by atoms with van der Waals surface area (Å²) in [7, 11) is -7.36. The molecule has 0 unspecified atom stereocenters. The van der Waals surface area contributed by atoms with Crippen LogP contribution in [0.3, 0.4) is 0 Å². The van der Waals surface area contributed by atoms with Crippen molar-refractivity contribution in [3.05, 3.63) is 69.7 Å². The van der Waals surface area contributed by atoms with Crippen LogP contribution in [0.25, 0.3) is 0 Å². The molecule has 2 aromatic rings. The van der Waals surface area contributed by atoms with Gasteiger partial charge in [-0.15, -0.1) is 0 Å². The Hall–Kier alpha value is -2.18. The van der Waals surface area contributed by atoms with Gasteiger partial charge in [-0.2, -0.15) is 4.31 Å². The number of halogens is 2. The second-order valence-corrected chi connectivity index (χ2v) is 18.1. The molecule has 2 aliphatic heterocycles. The van der Waals surface area contributed by atoms with Crippen LogP contribution in [-0.4, -0.2) is 79.4 Å². The highest BCUT2D eigenvalue weighted by atomic mass is 35.5. The number of benzene rings is 2. The lowest BCUT2D eigenvalue weighted by molar-refractivity contribution is -0.162. The number of carbonyl (C=O) groups is 2. The first kappa shape index (κ1) is 33.7. The molecule has 1 N–H and O–H groups in total. The maximum Gasteiger partial charge on any atom is 0.304 e. The van der Waals surface area contributed by atoms with Gasteiger partial charge in [0.15, 0.2) is 9.84 Å². The van der Waals surface area contributed by atoms with E-state index in [1.807, 2.05) is 26.8 Å². The summed E-state index contributed by atoms with van der Waals surface area (Å²) in [5.74, 6) is -3.02. The largest absolute Gasteiger partial charge is 0.481 e. The highest BCUT2D eigenvalue weighted by molar-refractivity contribution is 7.92. The lowest BCUT2D eigenvalue weighted by Gasteiger charge is -2.54. The van der Waals surface area contributed by atoms with Gasteiger partial charge >= 0.3 is 5.97 Å². The summed E-state index contributed by atoms with van der Waals surface area (Å²) >= 11 is 12.6. The second-order valence-electron chi connectivity index (χ2n) is 12.9. The number of sulfonamides is 1. The molecule has 0 aromatic heterocycles. The molecule has 0 radical (unpaired) electrons. The van der Waals surface area contributed by atoms with Crippen LogP contribution in [0.1, 0.15) is 63.6 Å². The molecule has 2 aliphatic rings. The minimum absolute atomic E-state index is 0.155. The van der Waals surface area contributed by atoms with Gasteiger partial charge in [0, 0.05) is 29.1 Å². The number of likely N-dealkylation sites (tertiary alicyclic amines) is 1. The number of amides is 1. The van der Waals surface area contributed by atoms with Gasteiger partial charge in [-0.05, 0) is 47.2 Å². The van der Waals surface area contributed by atoms with Crippen LogP contribution in [-0.2, 0) is 29.4 Å². The van der Waals surface area contributed by atoms with Gasteiger partial charge in [-0.1, -0.05) is 75.2 Å². The summed E-state index contributed by atoms with van der Waals surface area (Å²) in [4.78, 5) is 28.3. The molecule has 0 saturated carbocycles. The number of nitrogens with zero attached hydrogens (tertiary/aromatic N) is 2. The molecule has 2 fully saturated rings. The Morgan fingerprint density at radius 1 is 1.05 bits per heavy atom. The van der Waals surface area contributed by atoms with Gasteiger partial charge in [0.05, 0.1) is 41.2 Å². The van der Waals surface area contributed by atoms with Gasteiger partial charge in [-0.3, -0.25) is 9.59 Å². The van der Waals surface area contributed by atoms with Crippen LogP contribution in [0, 0.1) is 10.8 Å². The maximum atomic E-state index is 14.6. The number of carboxylic acid groups (broad SMARTS) is 1. The number of aliphatic carboxylic acids is 1. The molecule has 4 atom stereocenters. The number of piperidine rings is 1. The number of hydrogen-bond donors (Lipinski definition) is 1. The fraction of sp³-hybridized carbons (Fsp3) is 0.533. The zero-order valence-electron chi connectivity index (χ0n) is 24.7. The van der Waals surface area contributed by atoms with E-state index in [4.69, 9.17) is 23.2 Å². The summed E-state index contributed by atoms with van der Waals surface area (Å²) in [6, 6.07) is 12.6. The van der Waals surface area contributed by atoms with Crippen molar-refractivity contribution >= 4 is 54.9 Å². The van der Waals surface area contributed by atoms with Crippen molar-refractivity contribution in [1.82, 2.24) is 9.21 Å². The van der Waals surface area contributed by atoms with Crippen LogP contribution >= 0.6 is 23.2 Å². The number of carboxylic acids is 1. The lowest BCUT2D eigenvalue weighted by Crippen LogP contribution is -2.61. The monoisotopic (exact) mass is 672 g/mol. The molecule has 1 amide bonds. The van der Waals surface area contributed by atoms with E-state index < -0.39 is 72.7 Å². The normalized spacial score (nSPS) is 25.8. The van der Waals surface area contributed by atoms with Gasteiger partial charge in [0.1, 0.15) is 0 Å². The zero-order chi connectivity index (χ0) is 32.0. The Kier molecular flexibility index (Phi) is 9.65. The van der Waals surface area contributed by atoms with E-state index in [2.05, 4.69) is 0 Å². The Labute approximate surface area is 264 Å². The second kappa shape index (κ2) is 12.3. The van der Waals surface area contributed by atoms with Crippen molar-refractivity contribution in [2.75, 3.05) is 30.3 Å². The minimum atomic E-state index is -4.03. The molecule has 0 bridgehead atoms. The molecule has 9 nitrogen and oxygen atoms in total. The van der Waals surface area contributed by atoms with Crippen molar-refractivity contribution in [1.29, 1.82) is 0 Å². The fourth-order valence-corrected chi connectivity index (χ4v) is 10.0. The van der Waals surface area contributed by atoms with Gasteiger partial charge in [0.2, 0.25) is 15.9 Å². The maximum absolute atomic E-state index is 14.6. The van der Waals surface area contributed by atoms with E-state index >= 15 is 0 Å². The van der Waals surface area contributed by atoms with E-state index in [0.717, 1.165) is 11.1 Å². The van der Waals surface area contributed by atoms with Crippen LogP contribution in [0.2, 0.25) is 10.0 Å². The lowest BCUT2D eigenvalue weighted by atomic mass is 9.66. The van der Waals surface area contributed by atoms with E-state index in [1.54, 1.807) is 54.3 Å². The molecule has 2 aromatic carbocycles. The van der Waals surface area contributed by atoms with Gasteiger partial charge < -0.3 is 10.0 Å². The van der Waals surface area contributed by atoms with E-state index in [-0.39, 0.29) is 31.0 Å². The smallest absolute Gasteiger partial charge is 0.304 e. The van der Waals surface area contributed by atoms with E-state index in [0.29, 0.717) is 10.0 Å². The van der Waals surface area contributed by atoms with Crippen molar-refractivity contribution in [2.45, 2.75) is 58.5 Å². The summed E-state index contributed by atoms with van der Waals surface area (Å²) in [6.45, 7) is 6.85. The van der Waals surface area contributed by atoms with Crippen molar-refractivity contribution in [2.24, 2.45) is 10.8 Å². The summed E-state index contributed by atoms with van der Waals surface area (Å²) in [6.07, 6.45) is -0.254. The first-order valence-electron chi connectivity index (χ1n) is 14.1. The first-order chi connectivity index (χ1) is 19.8. The number of carbonyl (C=O) groups excluding carboxylic acids is 1. The number of rotatable bonds is 8. The molecule has 0 spiro atoms. The Bertz CT molecular complexity index is 1580. The van der Waals surface area contributed by atoms with Crippen LogP contribution in [0.5, 0.6) is 0 Å². The van der Waals surface area contributed by atoms with Crippen molar-refractivity contribution < 1.29 is 31.5 Å². The van der Waals surface area contributed by atoms with Crippen molar-refractivity contribution in [3.63, 3.8) is 0 Å². The molecule has 2 saturated heterocycles. The third-order valence-corrected chi connectivity index (χ3v) is 12.5. The first-order valence-corrected chi connectivity index (χ1v) is 18.3. The Morgan fingerprint density at radius 2 is 1.65 bits per heavy atom. The topological polar surface area (TPSA) is 129 Å². The van der Waals surface area contributed by atoms with Gasteiger partial charge in [0.25, 0.3) is 0 Å². The Morgan fingerprint density at radius 3 is 2.19 bits per heavy atom. The third-order valence-electron chi connectivity index (χ3n) is 8.53. The van der Waals surface area contributed by atoms with Crippen LogP contribution in [0.4, 0.5) is 0 Å². The van der Waals surface area contributed by atoms with E-state index in [9.17, 15) is 31.5 Å². The molecular formula is C30H38Cl2N2O7S2. The molecule has 236 valence electrons. The Balaban J connectivity index is 1.91. The van der Waals surface area contributed by atoms with Crippen LogP contribution < -0.4 is 0 Å². The number of hydrogen-bond acceptors (Lipinski definition) is 6. The van der Waals surface area contributed by atoms with E-state index in [1.165, 1.54) is 4.31 Å². The van der Waals surface area contributed by atoms with Gasteiger partial charge in [-0.25, -0.2) is 16.8 Å². The quantitative estimate of drug-likeness (QED) is 0.418. The van der Waals surface area contributed by atoms with Crippen molar-refractivity contribution in [3.8, 4) is 0 Å².